The first-order chi connectivity index (χ1) is 15.7. The molecule has 0 unspecified atom stereocenters. The molecule has 1 heterocycles. The van der Waals surface area contributed by atoms with Crippen LogP contribution in [0.3, 0.4) is 0 Å². The van der Waals surface area contributed by atoms with Crippen molar-refractivity contribution in [1.82, 2.24) is 9.80 Å². The summed E-state index contributed by atoms with van der Waals surface area (Å²) in [7, 11) is 0. The second-order valence-electron chi connectivity index (χ2n) is 8.16. The highest BCUT2D eigenvalue weighted by atomic mass is 16.5. The van der Waals surface area contributed by atoms with Crippen molar-refractivity contribution in [2.75, 3.05) is 39.3 Å². The van der Waals surface area contributed by atoms with Gasteiger partial charge in [-0.15, -0.1) is 0 Å². The lowest BCUT2D eigenvalue weighted by Gasteiger charge is -2.37. The summed E-state index contributed by atoms with van der Waals surface area (Å²) in [6.45, 7) is 3.58. The molecule has 166 valence electrons. The molecule has 4 rings (SSSR count). The summed E-state index contributed by atoms with van der Waals surface area (Å²) in [5, 5.41) is 10.4. The molecule has 1 N–H and O–H groups in total. The van der Waals surface area contributed by atoms with Gasteiger partial charge in [0.25, 0.3) is 0 Å². The molecule has 0 saturated carbocycles. The van der Waals surface area contributed by atoms with Crippen LogP contribution >= 0.6 is 0 Å². The third-order valence-electron chi connectivity index (χ3n) is 5.85. The molecular weight excluding hydrogens is 400 g/mol. The molecule has 3 aromatic carbocycles. The number of β-amino-alcohol motifs (C(OH)–C–C–N with tert-alkyl or cyclic N) is 1. The predicted molar refractivity (Wildman–Crippen MR) is 126 cm³/mol. The molecule has 0 radical (unpaired) electrons. The summed E-state index contributed by atoms with van der Waals surface area (Å²) >= 11 is 0. The normalized spacial score (nSPS) is 15.5. The number of benzene rings is 3. The minimum atomic E-state index is -0.571. The molecule has 1 aliphatic heterocycles. The van der Waals surface area contributed by atoms with Gasteiger partial charge in [-0.1, -0.05) is 78.9 Å². The van der Waals surface area contributed by atoms with Crippen LogP contribution < -0.4 is 4.74 Å². The predicted octanol–water partition coefficient (Wildman–Crippen LogP) is 3.40. The number of amides is 1. The van der Waals surface area contributed by atoms with Gasteiger partial charge in [-0.05, 0) is 23.3 Å². The highest BCUT2D eigenvalue weighted by molar-refractivity contribution is 5.87. The first kappa shape index (κ1) is 22.1. The van der Waals surface area contributed by atoms with Gasteiger partial charge in [-0.2, -0.15) is 0 Å². The molecule has 0 spiro atoms. The molecular formula is C27H30N2O3. The van der Waals surface area contributed by atoms with Crippen LogP contribution in [0.15, 0.2) is 91.0 Å². The molecule has 5 heteroatoms. The van der Waals surface area contributed by atoms with Crippen molar-refractivity contribution in [2.45, 2.75) is 12.0 Å². The van der Waals surface area contributed by atoms with Crippen molar-refractivity contribution in [2.24, 2.45) is 0 Å². The summed E-state index contributed by atoms with van der Waals surface area (Å²) in [6.07, 6.45) is -0.571. The summed E-state index contributed by atoms with van der Waals surface area (Å²) < 4.78 is 5.66. The van der Waals surface area contributed by atoms with Crippen molar-refractivity contribution >= 4 is 5.91 Å². The Morgan fingerprint density at radius 3 is 1.81 bits per heavy atom. The van der Waals surface area contributed by atoms with E-state index in [1.54, 1.807) is 0 Å². The average Bonchev–Trinajstić information content (AvgIpc) is 2.85. The van der Waals surface area contributed by atoms with E-state index in [9.17, 15) is 9.90 Å². The number of ether oxygens (including phenoxy) is 1. The smallest absolute Gasteiger partial charge is 0.234 e. The summed E-state index contributed by atoms with van der Waals surface area (Å²) in [4.78, 5) is 17.7. The van der Waals surface area contributed by atoms with E-state index in [4.69, 9.17) is 4.74 Å². The maximum absolute atomic E-state index is 13.5. The lowest BCUT2D eigenvalue weighted by Crippen LogP contribution is -2.52. The number of nitrogens with zero attached hydrogens (tertiary/aromatic N) is 2. The number of hydrogen-bond donors (Lipinski definition) is 1. The summed E-state index contributed by atoms with van der Waals surface area (Å²) in [6, 6.07) is 29.5. The van der Waals surface area contributed by atoms with Gasteiger partial charge in [0.1, 0.15) is 18.5 Å². The molecule has 0 aliphatic carbocycles. The van der Waals surface area contributed by atoms with Gasteiger partial charge in [0.2, 0.25) is 5.91 Å². The Kier molecular flexibility index (Phi) is 7.54. The zero-order chi connectivity index (χ0) is 22.2. The van der Waals surface area contributed by atoms with Crippen LogP contribution in [0.4, 0.5) is 0 Å². The number of carbonyl (C=O) groups is 1. The molecule has 32 heavy (non-hydrogen) atoms. The molecule has 1 saturated heterocycles. The Bertz CT molecular complexity index is 918. The maximum atomic E-state index is 13.5. The largest absolute Gasteiger partial charge is 0.491 e. The fourth-order valence-electron chi connectivity index (χ4n) is 4.16. The summed E-state index contributed by atoms with van der Waals surface area (Å²) in [5.74, 6) is 0.596. The Balaban J connectivity index is 1.33. The highest BCUT2D eigenvalue weighted by Gasteiger charge is 2.30. The van der Waals surface area contributed by atoms with E-state index in [1.165, 1.54) is 0 Å². The molecule has 1 amide bonds. The van der Waals surface area contributed by atoms with Crippen LogP contribution in [0.25, 0.3) is 0 Å². The monoisotopic (exact) mass is 430 g/mol. The molecule has 1 aliphatic rings. The third kappa shape index (κ3) is 5.75. The van der Waals surface area contributed by atoms with E-state index in [2.05, 4.69) is 4.90 Å². The zero-order valence-electron chi connectivity index (χ0n) is 18.2. The average molecular weight is 431 g/mol. The Labute approximate surface area is 189 Å². The molecule has 3 aromatic rings. The second-order valence-corrected chi connectivity index (χ2v) is 8.16. The zero-order valence-corrected chi connectivity index (χ0v) is 18.2. The van der Waals surface area contributed by atoms with E-state index < -0.39 is 6.10 Å². The molecule has 0 bridgehead atoms. The first-order valence-electron chi connectivity index (χ1n) is 11.2. The van der Waals surface area contributed by atoms with Gasteiger partial charge in [-0.3, -0.25) is 9.69 Å². The van der Waals surface area contributed by atoms with Crippen LogP contribution in [-0.4, -0.2) is 66.2 Å². The van der Waals surface area contributed by atoms with Gasteiger partial charge in [0, 0.05) is 32.7 Å². The number of piperazine rings is 1. The van der Waals surface area contributed by atoms with Gasteiger partial charge >= 0.3 is 0 Å². The van der Waals surface area contributed by atoms with Crippen LogP contribution in [-0.2, 0) is 4.79 Å². The quantitative estimate of drug-likeness (QED) is 0.595. The molecule has 5 nitrogen and oxygen atoms in total. The van der Waals surface area contributed by atoms with Crippen molar-refractivity contribution in [3.8, 4) is 5.75 Å². The lowest BCUT2D eigenvalue weighted by molar-refractivity contribution is -0.133. The van der Waals surface area contributed by atoms with Crippen molar-refractivity contribution in [3.63, 3.8) is 0 Å². The van der Waals surface area contributed by atoms with Crippen LogP contribution in [0.2, 0.25) is 0 Å². The Morgan fingerprint density at radius 2 is 1.28 bits per heavy atom. The fraction of sp³-hybridized carbons (Fsp3) is 0.296. The van der Waals surface area contributed by atoms with Gasteiger partial charge in [0.05, 0.1) is 5.92 Å². The second kappa shape index (κ2) is 10.9. The van der Waals surface area contributed by atoms with Crippen molar-refractivity contribution < 1.29 is 14.6 Å². The van der Waals surface area contributed by atoms with E-state index in [1.807, 2.05) is 95.9 Å². The van der Waals surface area contributed by atoms with E-state index in [0.29, 0.717) is 19.6 Å². The fourth-order valence-corrected chi connectivity index (χ4v) is 4.16. The summed E-state index contributed by atoms with van der Waals surface area (Å²) in [5.41, 5.74) is 2.03. The first-order valence-corrected chi connectivity index (χ1v) is 11.2. The number of para-hydroxylation sites is 1. The lowest BCUT2D eigenvalue weighted by atomic mass is 9.90. The van der Waals surface area contributed by atoms with Crippen LogP contribution in [0, 0.1) is 0 Å². The number of carbonyl (C=O) groups excluding carboxylic acids is 1. The van der Waals surface area contributed by atoms with Crippen LogP contribution in [0.5, 0.6) is 5.75 Å². The van der Waals surface area contributed by atoms with Crippen molar-refractivity contribution in [1.29, 1.82) is 0 Å². The van der Waals surface area contributed by atoms with E-state index in [-0.39, 0.29) is 18.4 Å². The number of aliphatic hydroxyl groups is 1. The third-order valence-corrected chi connectivity index (χ3v) is 5.85. The Morgan fingerprint density at radius 1 is 0.781 bits per heavy atom. The van der Waals surface area contributed by atoms with Crippen molar-refractivity contribution in [3.05, 3.63) is 102 Å². The minimum Gasteiger partial charge on any atom is -0.491 e. The van der Waals surface area contributed by atoms with Gasteiger partial charge in [0.15, 0.2) is 0 Å². The van der Waals surface area contributed by atoms with Gasteiger partial charge < -0.3 is 14.7 Å². The van der Waals surface area contributed by atoms with Gasteiger partial charge in [-0.25, -0.2) is 0 Å². The molecule has 0 aromatic heterocycles. The SMILES string of the molecule is O=C(C(c1ccccc1)c1ccccc1)N1CCN(C[C@H](O)COc2ccccc2)CC1. The minimum absolute atomic E-state index is 0.134. The van der Waals surface area contributed by atoms with Crippen LogP contribution in [0.1, 0.15) is 17.0 Å². The van der Waals surface area contributed by atoms with E-state index >= 15 is 0 Å². The number of hydrogen-bond acceptors (Lipinski definition) is 4. The Hall–Kier alpha value is -3.15. The maximum Gasteiger partial charge on any atom is 0.234 e. The molecule has 1 atom stereocenters. The highest BCUT2D eigenvalue weighted by Crippen LogP contribution is 2.27. The number of rotatable bonds is 8. The standard InChI is InChI=1S/C27H30N2O3/c30-24(21-32-25-14-8-3-9-15-25)20-28-16-18-29(19-17-28)27(31)26(22-10-4-1-5-11-22)23-12-6-2-7-13-23/h1-15,24,26,30H,16-21H2/t24-/m0/s1. The number of aliphatic hydroxyl groups excluding tert-OH is 1. The van der Waals surface area contributed by atoms with E-state index in [0.717, 1.165) is 30.0 Å². The molecule has 1 fully saturated rings. The topological polar surface area (TPSA) is 53.0 Å².